The number of aliphatic hydroxyl groups excluding tert-OH is 1. The van der Waals surface area contributed by atoms with E-state index >= 15 is 0 Å². The Hall–Kier alpha value is -1.46. The molecule has 16 heavy (non-hydrogen) atoms. The maximum Gasteiger partial charge on any atom is 0.243 e. The van der Waals surface area contributed by atoms with E-state index in [0.29, 0.717) is 5.69 Å². The summed E-state index contributed by atoms with van der Waals surface area (Å²) in [4.78, 5) is 13.1. The van der Waals surface area contributed by atoms with Crippen LogP contribution in [-0.2, 0) is 4.79 Å². The predicted octanol–water partition coefficient (Wildman–Crippen LogP) is 0.498. The number of benzene rings is 1. The molecule has 1 aromatic carbocycles. The molecule has 0 bridgehead atoms. The molecule has 5 heteroatoms. The summed E-state index contributed by atoms with van der Waals surface area (Å²) < 4.78 is 12.7. The van der Waals surface area contributed by atoms with Crippen molar-refractivity contribution in [1.29, 1.82) is 0 Å². The molecule has 0 radical (unpaired) electrons. The zero-order chi connectivity index (χ0) is 12.1. The molecule has 1 atom stereocenters. The fourth-order valence-corrected chi connectivity index (χ4v) is 1.30. The number of carbonyl (C=O) groups excluding carboxylic acids is 1. The van der Waals surface area contributed by atoms with Crippen LogP contribution in [0.1, 0.15) is 6.42 Å². The van der Waals surface area contributed by atoms with Crippen molar-refractivity contribution in [2.45, 2.75) is 12.5 Å². The highest BCUT2D eigenvalue weighted by Gasteiger charge is 2.18. The van der Waals surface area contributed by atoms with E-state index in [0.717, 1.165) is 0 Å². The lowest BCUT2D eigenvalue weighted by molar-refractivity contribution is -0.119. The minimum Gasteiger partial charge on any atom is -0.396 e. The third kappa shape index (κ3) is 3.01. The molecule has 0 saturated heterocycles. The van der Waals surface area contributed by atoms with Gasteiger partial charge in [0, 0.05) is 19.3 Å². The van der Waals surface area contributed by atoms with Gasteiger partial charge >= 0.3 is 0 Å². The molecule has 0 aromatic heterocycles. The van der Waals surface area contributed by atoms with Gasteiger partial charge in [-0.2, -0.15) is 0 Å². The van der Waals surface area contributed by atoms with Crippen molar-refractivity contribution in [2.24, 2.45) is 5.73 Å². The predicted molar refractivity (Wildman–Crippen MR) is 59.5 cm³/mol. The number of rotatable bonds is 4. The molecule has 0 spiro atoms. The highest BCUT2D eigenvalue weighted by atomic mass is 19.1. The lowest BCUT2D eigenvalue weighted by Gasteiger charge is -2.20. The number of anilines is 1. The molecule has 3 N–H and O–H groups in total. The molecule has 0 fully saturated rings. The maximum absolute atomic E-state index is 12.7. The molecular weight excluding hydrogens is 211 g/mol. The number of carbonyl (C=O) groups is 1. The normalized spacial score (nSPS) is 12.2. The number of nitrogens with two attached hydrogens (primary N) is 1. The Kier molecular flexibility index (Phi) is 4.39. The van der Waals surface area contributed by atoms with E-state index in [1.165, 1.54) is 29.2 Å². The van der Waals surface area contributed by atoms with Gasteiger partial charge in [-0.25, -0.2) is 4.39 Å². The average Bonchev–Trinajstić information content (AvgIpc) is 2.28. The molecule has 0 aliphatic heterocycles. The summed E-state index contributed by atoms with van der Waals surface area (Å²) >= 11 is 0. The number of halogens is 1. The summed E-state index contributed by atoms with van der Waals surface area (Å²) in [5.41, 5.74) is 6.14. The minimum atomic E-state index is -0.736. The van der Waals surface area contributed by atoms with Crippen LogP contribution in [0.5, 0.6) is 0 Å². The second-order valence-corrected chi connectivity index (χ2v) is 3.49. The maximum atomic E-state index is 12.7. The first-order valence-electron chi connectivity index (χ1n) is 4.96. The zero-order valence-corrected chi connectivity index (χ0v) is 9.06. The van der Waals surface area contributed by atoms with Gasteiger partial charge in [0.2, 0.25) is 5.91 Å². The summed E-state index contributed by atoms with van der Waals surface area (Å²) in [6.45, 7) is -0.135. The van der Waals surface area contributed by atoms with Crippen LogP contribution in [0.25, 0.3) is 0 Å². The molecule has 1 amide bonds. The van der Waals surface area contributed by atoms with Gasteiger partial charge in [-0.05, 0) is 30.7 Å². The van der Waals surface area contributed by atoms with Crippen molar-refractivity contribution < 1.29 is 14.3 Å². The van der Waals surface area contributed by atoms with Crippen molar-refractivity contribution in [2.75, 3.05) is 18.6 Å². The summed E-state index contributed by atoms with van der Waals surface area (Å²) in [6, 6.07) is 4.81. The lowest BCUT2D eigenvalue weighted by atomic mass is 10.2. The minimum absolute atomic E-state index is 0.135. The highest BCUT2D eigenvalue weighted by Crippen LogP contribution is 2.14. The van der Waals surface area contributed by atoms with Crippen LogP contribution >= 0.6 is 0 Å². The van der Waals surface area contributed by atoms with Gasteiger partial charge in [0.1, 0.15) is 5.82 Å². The van der Waals surface area contributed by atoms with Gasteiger partial charge in [0.25, 0.3) is 0 Å². The third-order valence-electron chi connectivity index (χ3n) is 2.30. The van der Waals surface area contributed by atoms with Gasteiger partial charge in [0.05, 0.1) is 6.04 Å². The van der Waals surface area contributed by atoms with Gasteiger partial charge in [-0.3, -0.25) is 4.79 Å². The van der Waals surface area contributed by atoms with Gasteiger partial charge in [-0.15, -0.1) is 0 Å². The summed E-state index contributed by atoms with van der Waals surface area (Å²) in [7, 11) is 1.56. The van der Waals surface area contributed by atoms with Crippen molar-refractivity contribution in [3.63, 3.8) is 0 Å². The molecule has 1 rings (SSSR count). The molecule has 0 unspecified atom stereocenters. The van der Waals surface area contributed by atoms with Crippen molar-refractivity contribution in [1.82, 2.24) is 0 Å². The molecule has 0 aliphatic carbocycles. The van der Waals surface area contributed by atoms with Crippen LogP contribution in [0, 0.1) is 5.82 Å². The first-order chi connectivity index (χ1) is 7.56. The molecule has 4 nitrogen and oxygen atoms in total. The lowest BCUT2D eigenvalue weighted by Crippen LogP contribution is -2.42. The smallest absolute Gasteiger partial charge is 0.243 e. The highest BCUT2D eigenvalue weighted by molar-refractivity contribution is 5.96. The van der Waals surface area contributed by atoms with Crippen molar-refractivity contribution in [3.05, 3.63) is 30.1 Å². The van der Waals surface area contributed by atoms with E-state index in [4.69, 9.17) is 10.8 Å². The van der Waals surface area contributed by atoms with Crippen LogP contribution in [0.3, 0.4) is 0 Å². The third-order valence-corrected chi connectivity index (χ3v) is 2.30. The van der Waals surface area contributed by atoms with Crippen molar-refractivity contribution in [3.8, 4) is 0 Å². The largest absolute Gasteiger partial charge is 0.396 e. The van der Waals surface area contributed by atoms with Crippen molar-refractivity contribution >= 4 is 11.6 Å². The Morgan fingerprint density at radius 3 is 2.56 bits per heavy atom. The van der Waals surface area contributed by atoms with E-state index in [1.807, 2.05) is 0 Å². The zero-order valence-electron chi connectivity index (χ0n) is 9.06. The fraction of sp³-hybridized carbons (Fsp3) is 0.364. The Labute approximate surface area is 93.5 Å². The fourth-order valence-electron chi connectivity index (χ4n) is 1.30. The van der Waals surface area contributed by atoms with Crippen LogP contribution in [0.4, 0.5) is 10.1 Å². The van der Waals surface area contributed by atoms with Gasteiger partial charge in [0.15, 0.2) is 0 Å². The first kappa shape index (κ1) is 12.6. The molecule has 88 valence electrons. The molecule has 1 aromatic rings. The Morgan fingerprint density at radius 1 is 1.50 bits per heavy atom. The molecule has 0 heterocycles. The topological polar surface area (TPSA) is 66.6 Å². The van der Waals surface area contributed by atoms with Crippen LogP contribution in [0.15, 0.2) is 24.3 Å². The van der Waals surface area contributed by atoms with E-state index in [2.05, 4.69) is 0 Å². The first-order valence-corrected chi connectivity index (χ1v) is 4.96. The van der Waals surface area contributed by atoms with Crippen LogP contribution in [-0.4, -0.2) is 30.7 Å². The Balaban J connectivity index is 2.73. The van der Waals surface area contributed by atoms with Gasteiger partial charge < -0.3 is 15.7 Å². The van der Waals surface area contributed by atoms with Crippen LogP contribution < -0.4 is 10.6 Å². The Bertz CT molecular complexity index is 354. The number of aliphatic hydroxyl groups is 1. The monoisotopic (exact) mass is 226 g/mol. The van der Waals surface area contributed by atoms with E-state index in [9.17, 15) is 9.18 Å². The second-order valence-electron chi connectivity index (χ2n) is 3.49. The molecule has 0 aliphatic rings. The number of amides is 1. The summed E-state index contributed by atoms with van der Waals surface area (Å²) in [6.07, 6.45) is 0.213. The Morgan fingerprint density at radius 2 is 2.06 bits per heavy atom. The summed E-state index contributed by atoms with van der Waals surface area (Å²) in [5.74, 6) is -0.662. The number of hydrogen-bond acceptors (Lipinski definition) is 3. The van der Waals surface area contributed by atoms with E-state index in [1.54, 1.807) is 7.05 Å². The molecular formula is C11H15FN2O2. The number of nitrogens with zero attached hydrogens (tertiary/aromatic N) is 1. The average molecular weight is 226 g/mol. The molecule has 0 saturated carbocycles. The second kappa shape index (κ2) is 5.58. The SMILES string of the molecule is CN(C(=O)[C@@H](N)CCO)c1ccc(F)cc1. The standard InChI is InChI=1S/C11H15FN2O2/c1-14(11(16)10(13)6-7-15)9-4-2-8(12)3-5-9/h2-5,10,15H,6-7,13H2,1H3/t10-/m0/s1. The summed E-state index contributed by atoms with van der Waals surface area (Å²) in [5, 5.41) is 8.67. The van der Waals surface area contributed by atoms with E-state index in [-0.39, 0.29) is 24.8 Å². The number of likely N-dealkylation sites (N-methyl/N-ethyl adjacent to an activating group) is 1. The van der Waals surface area contributed by atoms with Gasteiger partial charge in [-0.1, -0.05) is 0 Å². The number of hydrogen-bond donors (Lipinski definition) is 2. The van der Waals surface area contributed by atoms with E-state index < -0.39 is 6.04 Å². The quantitative estimate of drug-likeness (QED) is 0.785. The van der Waals surface area contributed by atoms with Crippen LogP contribution in [0.2, 0.25) is 0 Å².